The fourth-order valence-corrected chi connectivity index (χ4v) is 1.71. The summed E-state index contributed by atoms with van der Waals surface area (Å²) in [5.41, 5.74) is 0.349. The van der Waals surface area contributed by atoms with E-state index in [1.807, 2.05) is 27.7 Å². The Morgan fingerprint density at radius 2 is 1.53 bits per heavy atom. The molecule has 0 aromatic heterocycles. The average Bonchev–Trinajstić information content (AvgIpc) is 2.29. The highest BCUT2D eigenvalue weighted by Crippen LogP contribution is 2.25. The quantitative estimate of drug-likeness (QED) is 0.357. The Kier molecular flexibility index (Phi) is 5.32. The smallest absolute Gasteiger partial charge is 0.194 e. The molecule has 0 aliphatic heterocycles. The van der Waals surface area contributed by atoms with Gasteiger partial charge in [0.2, 0.25) is 0 Å². The summed E-state index contributed by atoms with van der Waals surface area (Å²) in [4.78, 5) is 12.4. The number of nitrogens with one attached hydrogen (secondary N) is 2. The maximum atomic E-state index is 12.4. The van der Waals surface area contributed by atoms with Gasteiger partial charge in [-0.3, -0.25) is 15.4 Å². The highest BCUT2D eigenvalue weighted by Gasteiger charge is 2.21. The van der Waals surface area contributed by atoms with Crippen LogP contribution in [0.5, 0.6) is 11.5 Å². The summed E-state index contributed by atoms with van der Waals surface area (Å²) in [5.74, 6) is -0.696. The van der Waals surface area contributed by atoms with Gasteiger partial charge >= 0.3 is 0 Å². The van der Waals surface area contributed by atoms with Gasteiger partial charge in [0.1, 0.15) is 6.17 Å². The van der Waals surface area contributed by atoms with Crippen LogP contribution in [-0.2, 0) is 0 Å². The Balaban J connectivity index is 2.94. The molecule has 0 heterocycles. The molecule has 0 atom stereocenters. The van der Waals surface area contributed by atoms with Crippen LogP contribution in [0.25, 0.3) is 0 Å². The monoisotopic (exact) mass is 266 g/mol. The number of phenolic OH excluding ortho intramolecular Hbond substituents is 2. The zero-order valence-electron chi connectivity index (χ0n) is 11.8. The van der Waals surface area contributed by atoms with Gasteiger partial charge in [-0.1, -0.05) is 0 Å². The topological polar surface area (TPSA) is 81.6 Å². The molecule has 1 rings (SSSR count). The molecule has 0 radical (unpaired) electrons. The second-order valence-corrected chi connectivity index (χ2v) is 5.14. The second kappa shape index (κ2) is 6.54. The first-order valence-corrected chi connectivity index (χ1v) is 6.39. The van der Waals surface area contributed by atoms with Crippen LogP contribution in [0.15, 0.2) is 18.2 Å². The van der Waals surface area contributed by atoms with E-state index in [1.165, 1.54) is 18.2 Å². The van der Waals surface area contributed by atoms with E-state index in [2.05, 4.69) is 10.6 Å². The van der Waals surface area contributed by atoms with Gasteiger partial charge in [0, 0.05) is 17.6 Å². The third kappa shape index (κ3) is 4.54. The van der Waals surface area contributed by atoms with Crippen LogP contribution in [0.3, 0.4) is 0 Å². The van der Waals surface area contributed by atoms with E-state index in [9.17, 15) is 15.0 Å². The molecule has 0 fully saturated rings. The standard InChI is InChI=1S/C14H22N2O3/c1-8(2)15-14(16-9(3)4)13(19)10-5-6-11(17)12(18)7-10/h5-9,14-18H,1-4H3. The van der Waals surface area contributed by atoms with Crippen LogP contribution < -0.4 is 10.6 Å². The van der Waals surface area contributed by atoms with Crippen molar-refractivity contribution in [2.75, 3.05) is 0 Å². The molecule has 106 valence electrons. The first kappa shape index (κ1) is 15.5. The fourth-order valence-electron chi connectivity index (χ4n) is 1.71. The van der Waals surface area contributed by atoms with E-state index in [-0.39, 0.29) is 29.4 Å². The number of aromatic hydroxyl groups is 2. The molecule has 0 saturated heterocycles. The Labute approximate surface area is 113 Å². The van der Waals surface area contributed by atoms with E-state index < -0.39 is 6.17 Å². The summed E-state index contributed by atoms with van der Waals surface area (Å²) in [6.07, 6.45) is -0.524. The van der Waals surface area contributed by atoms with Crippen molar-refractivity contribution in [1.29, 1.82) is 0 Å². The predicted octanol–water partition coefficient (Wildman–Crippen LogP) is 1.60. The summed E-state index contributed by atoms with van der Waals surface area (Å²) in [7, 11) is 0. The summed E-state index contributed by atoms with van der Waals surface area (Å²) >= 11 is 0. The van der Waals surface area contributed by atoms with Gasteiger partial charge in [0.05, 0.1) is 0 Å². The van der Waals surface area contributed by atoms with Gasteiger partial charge in [-0.25, -0.2) is 0 Å². The van der Waals surface area contributed by atoms with Crippen molar-refractivity contribution < 1.29 is 15.0 Å². The summed E-state index contributed by atoms with van der Waals surface area (Å²) in [6.45, 7) is 7.82. The number of rotatable bonds is 6. The number of Topliss-reactive ketones (excluding diaryl/α,β-unsaturated/α-hetero) is 1. The van der Waals surface area contributed by atoms with Crippen molar-refractivity contribution in [3.8, 4) is 11.5 Å². The van der Waals surface area contributed by atoms with Crippen molar-refractivity contribution in [1.82, 2.24) is 10.6 Å². The van der Waals surface area contributed by atoms with Gasteiger partial charge < -0.3 is 10.2 Å². The number of carbonyl (C=O) groups excluding carboxylic acids is 1. The molecule has 4 N–H and O–H groups in total. The lowest BCUT2D eigenvalue weighted by atomic mass is 10.1. The molecule has 0 aliphatic rings. The third-order valence-corrected chi connectivity index (χ3v) is 2.52. The molecule has 0 aliphatic carbocycles. The predicted molar refractivity (Wildman–Crippen MR) is 74.4 cm³/mol. The lowest BCUT2D eigenvalue weighted by molar-refractivity contribution is 0.0910. The lowest BCUT2D eigenvalue weighted by Crippen LogP contribution is -2.53. The SMILES string of the molecule is CC(C)NC(NC(C)C)C(=O)c1ccc(O)c(O)c1. The molecular formula is C14H22N2O3. The molecule has 5 heteroatoms. The fraction of sp³-hybridized carbons (Fsp3) is 0.500. The normalized spacial score (nSPS) is 11.5. The summed E-state index contributed by atoms with van der Waals surface area (Å²) in [6, 6.07) is 4.37. The average molecular weight is 266 g/mol. The van der Waals surface area contributed by atoms with Gasteiger partial charge in [-0.05, 0) is 45.9 Å². The number of hydrogen-bond acceptors (Lipinski definition) is 5. The van der Waals surface area contributed by atoms with E-state index in [0.29, 0.717) is 5.56 Å². The van der Waals surface area contributed by atoms with Crippen molar-refractivity contribution >= 4 is 5.78 Å². The molecule has 0 saturated carbocycles. The minimum atomic E-state index is -0.524. The highest BCUT2D eigenvalue weighted by atomic mass is 16.3. The molecule has 0 spiro atoms. The van der Waals surface area contributed by atoms with Gasteiger partial charge in [0.25, 0.3) is 0 Å². The van der Waals surface area contributed by atoms with Crippen molar-refractivity contribution in [2.24, 2.45) is 0 Å². The Hall–Kier alpha value is -1.59. The van der Waals surface area contributed by atoms with Crippen LogP contribution in [0.2, 0.25) is 0 Å². The van der Waals surface area contributed by atoms with E-state index in [0.717, 1.165) is 0 Å². The zero-order chi connectivity index (χ0) is 14.6. The molecule has 5 nitrogen and oxygen atoms in total. The molecular weight excluding hydrogens is 244 g/mol. The Morgan fingerprint density at radius 3 is 1.95 bits per heavy atom. The van der Waals surface area contributed by atoms with Crippen LogP contribution in [0, 0.1) is 0 Å². The van der Waals surface area contributed by atoms with Crippen LogP contribution in [0.1, 0.15) is 38.1 Å². The van der Waals surface area contributed by atoms with E-state index >= 15 is 0 Å². The number of ketones is 1. The zero-order valence-corrected chi connectivity index (χ0v) is 11.8. The van der Waals surface area contributed by atoms with Crippen LogP contribution in [0.4, 0.5) is 0 Å². The minimum Gasteiger partial charge on any atom is -0.504 e. The number of phenols is 2. The van der Waals surface area contributed by atoms with Gasteiger partial charge in [0.15, 0.2) is 17.3 Å². The van der Waals surface area contributed by atoms with Crippen LogP contribution >= 0.6 is 0 Å². The molecule has 1 aromatic rings. The van der Waals surface area contributed by atoms with Crippen molar-refractivity contribution in [2.45, 2.75) is 45.9 Å². The Morgan fingerprint density at radius 1 is 1.00 bits per heavy atom. The number of benzene rings is 1. The molecule has 0 amide bonds. The lowest BCUT2D eigenvalue weighted by Gasteiger charge is -2.23. The maximum Gasteiger partial charge on any atom is 0.194 e. The molecule has 0 bridgehead atoms. The number of carbonyl (C=O) groups is 1. The van der Waals surface area contributed by atoms with E-state index in [1.54, 1.807) is 0 Å². The van der Waals surface area contributed by atoms with E-state index in [4.69, 9.17) is 0 Å². The highest BCUT2D eigenvalue weighted by molar-refractivity contribution is 6.00. The maximum absolute atomic E-state index is 12.4. The van der Waals surface area contributed by atoms with Crippen molar-refractivity contribution in [3.63, 3.8) is 0 Å². The van der Waals surface area contributed by atoms with Gasteiger partial charge in [-0.15, -0.1) is 0 Å². The summed E-state index contributed by atoms with van der Waals surface area (Å²) < 4.78 is 0. The first-order valence-electron chi connectivity index (χ1n) is 6.39. The largest absolute Gasteiger partial charge is 0.504 e. The summed E-state index contributed by atoms with van der Waals surface area (Å²) in [5, 5.41) is 25.0. The van der Waals surface area contributed by atoms with Crippen molar-refractivity contribution in [3.05, 3.63) is 23.8 Å². The third-order valence-electron chi connectivity index (χ3n) is 2.52. The minimum absolute atomic E-state index is 0.144. The second-order valence-electron chi connectivity index (χ2n) is 5.14. The number of hydrogen-bond donors (Lipinski definition) is 4. The van der Waals surface area contributed by atoms with Crippen LogP contribution in [-0.4, -0.2) is 34.2 Å². The molecule has 1 aromatic carbocycles. The van der Waals surface area contributed by atoms with Gasteiger partial charge in [-0.2, -0.15) is 0 Å². The molecule has 0 unspecified atom stereocenters. The Bertz CT molecular complexity index is 434. The molecule has 19 heavy (non-hydrogen) atoms. The first-order chi connectivity index (χ1) is 8.81.